The van der Waals surface area contributed by atoms with Gasteiger partial charge in [-0.1, -0.05) is 57.2 Å². The zero-order valence-electron chi connectivity index (χ0n) is 21.5. The molecule has 196 valence electrons. The van der Waals surface area contributed by atoms with E-state index in [-0.39, 0.29) is 11.3 Å². The predicted molar refractivity (Wildman–Crippen MR) is 144 cm³/mol. The van der Waals surface area contributed by atoms with E-state index in [9.17, 15) is 14.4 Å². The molecule has 9 heteroatoms. The molecule has 0 bridgehead atoms. The molecular weight excluding hydrogens is 496 g/mol. The van der Waals surface area contributed by atoms with E-state index in [1.54, 1.807) is 48.5 Å². The van der Waals surface area contributed by atoms with Gasteiger partial charge in [0, 0.05) is 30.6 Å². The Morgan fingerprint density at radius 2 is 1.41 bits per heavy atom. The molecule has 0 unspecified atom stereocenters. The summed E-state index contributed by atoms with van der Waals surface area (Å²) < 4.78 is 15.4. The van der Waals surface area contributed by atoms with Gasteiger partial charge in [0.05, 0.1) is 12.8 Å². The minimum absolute atomic E-state index is 0.142. The van der Waals surface area contributed by atoms with E-state index >= 15 is 0 Å². The van der Waals surface area contributed by atoms with E-state index in [2.05, 4.69) is 36.1 Å². The molecule has 0 radical (unpaired) electrons. The van der Waals surface area contributed by atoms with Crippen molar-refractivity contribution in [1.29, 1.82) is 0 Å². The summed E-state index contributed by atoms with van der Waals surface area (Å²) in [4.78, 5) is 33.8. The quantitative estimate of drug-likeness (QED) is 0.348. The molecule has 0 fully saturated rings. The van der Waals surface area contributed by atoms with Crippen LogP contribution in [0.2, 0.25) is 0 Å². The van der Waals surface area contributed by atoms with Crippen molar-refractivity contribution >= 4 is 34.7 Å². The van der Waals surface area contributed by atoms with E-state index in [0.29, 0.717) is 29.5 Å². The summed E-state index contributed by atoms with van der Waals surface area (Å²) in [5.74, 6) is 1.25. The van der Waals surface area contributed by atoms with Gasteiger partial charge < -0.3 is 19.5 Å². The van der Waals surface area contributed by atoms with Crippen molar-refractivity contribution in [1.82, 2.24) is 5.32 Å². The zero-order valence-corrected chi connectivity index (χ0v) is 22.2. The van der Waals surface area contributed by atoms with Crippen LogP contribution in [0.25, 0.3) is 0 Å². The molecule has 0 heterocycles. The molecule has 0 atom stereocenters. The van der Waals surface area contributed by atoms with E-state index in [4.69, 9.17) is 21.1 Å². The molecule has 0 spiro atoms. The molecule has 2 amide bonds. The van der Waals surface area contributed by atoms with Gasteiger partial charge >= 0.3 is 11.5 Å². The van der Waals surface area contributed by atoms with E-state index in [0.717, 1.165) is 11.1 Å². The molecule has 3 rings (SSSR count). The number of rotatable bonds is 6. The van der Waals surface area contributed by atoms with Crippen molar-refractivity contribution in [2.75, 3.05) is 12.4 Å². The fraction of sp³-hybridized carbons (Fsp3) is 0.250. The zero-order chi connectivity index (χ0) is 27.4. The lowest BCUT2D eigenvalue weighted by Crippen LogP contribution is -2.22. The first-order valence-corrected chi connectivity index (χ1v) is 11.8. The van der Waals surface area contributed by atoms with Gasteiger partial charge in [0.15, 0.2) is 0 Å². The molecule has 37 heavy (non-hydrogen) atoms. The van der Waals surface area contributed by atoms with Crippen molar-refractivity contribution in [2.45, 2.75) is 39.7 Å². The van der Waals surface area contributed by atoms with Crippen LogP contribution in [0, 0.1) is 0 Å². The van der Waals surface area contributed by atoms with Crippen LogP contribution in [-0.2, 0) is 16.8 Å². The summed E-state index contributed by atoms with van der Waals surface area (Å²) in [7, 11) is 1.52. The highest BCUT2D eigenvalue weighted by Gasteiger charge is 2.21. The normalized spacial score (nSPS) is 10.3. The number of methoxy groups -OCH3 is 1. The molecule has 0 aliphatic heterocycles. The van der Waals surface area contributed by atoms with Crippen molar-refractivity contribution in [2.24, 2.45) is 0 Å². The highest BCUT2D eigenvalue weighted by atomic mass is 35.5. The van der Waals surface area contributed by atoms with Gasteiger partial charge in [-0.05, 0) is 47.4 Å². The van der Waals surface area contributed by atoms with E-state index in [1.165, 1.54) is 14.0 Å². The number of carbonyl (C=O) groups excluding carboxylic acids is 3. The van der Waals surface area contributed by atoms with Crippen molar-refractivity contribution in [3.63, 3.8) is 0 Å². The Balaban J connectivity index is 0.000000402. The van der Waals surface area contributed by atoms with Crippen molar-refractivity contribution in [3.05, 3.63) is 83.9 Å². The van der Waals surface area contributed by atoms with Crippen molar-refractivity contribution < 1.29 is 28.6 Å². The number of carbonyl (C=O) groups is 3. The number of ether oxygens (including phenoxy) is 3. The number of nitrogens with one attached hydrogen (secondary N) is 2. The second kappa shape index (κ2) is 13.9. The summed E-state index contributed by atoms with van der Waals surface area (Å²) in [6.07, 6.45) is -0.615. The molecule has 3 aromatic rings. The Kier molecular flexibility index (Phi) is 11.0. The summed E-state index contributed by atoms with van der Waals surface area (Å²) in [5.41, 5.74) is 1.29. The van der Waals surface area contributed by atoms with Crippen LogP contribution < -0.4 is 24.8 Å². The number of benzene rings is 3. The van der Waals surface area contributed by atoms with Gasteiger partial charge in [-0.3, -0.25) is 10.1 Å². The number of hydrogen-bond donors (Lipinski definition) is 2. The third-order valence-electron chi connectivity index (χ3n) is 4.90. The molecule has 0 aliphatic carbocycles. The topological polar surface area (TPSA) is 103 Å². The number of halogens is 1. The Hall–Kier alpha value is -4.04. The highest BCUT2D eigenvalue weighted by molar-refractivity contribution is 6.61. The fourth-order valence-electron chi connectivity index (χ4n) is 3.12. The Morgan fingerprint density at radius 3 is 1.86 bits per heavy atom. The van der Waals surface area contributed by atoms with Crippen molar-refractivity contribution in [3.8, 4) is 17.2 Å². The Labute approximate surface area is 221 Å². The largest absolute Gasteiger partial charge is 0.494 e. The van der Waals surface area contributed by atoms with Crippen LogP contribution in [0.3, 0.4) is 0 Å². The van der Waals surface area contributed by atoms with Crippen LogP contribution in [0.15, 0.2) is 72.8 Å². The van der Waals surface area contributed by atoms with Crippen LogP contribution in [0.1, 0.15) is 38.8 Å². The first-order valence-electron chi connectivity index (χ1n) is 11.4. The van der Waals surface area contributed by atoms with E-state index in [1.807, 2.05) is 24.3 Å². The van der Waals surface area contributed by atoms with Gasteiger partial charge in [0.1, 0.15) is 17.2 Å². The average molecular weight is 527 g/mol. The minimum Gasteiger partial charge on any atom is -0.494 e. The Morgan fingerprint density at radius 1 is 0.865 bits per heavy atom. The lowest BCUT2D eigenvalue weighted by atomic mass is 9.85. The number of hydrogen-bond acceptors (Lipinski definition) is 6. The van der Waals surface area contributed by atoms with Gasteiger partial charge in [0.25, 0.3) is 0 Å². The molecule has 8 nitrogen and oxygen atoms in total. The van der Waals surface area contributed by atoms with Crippen LogP contribution in [0.4, 0.5) is 15.3 Å². The van der Waals surface area contributed by atoms with Crippen LogP contribution >= 0.6 is 11.6 Å². The van der Waals surface area contributed by atoms with E-state index < -0.39 is 11.5 Å². The summed E-state index contributed by atoms with van der Waals surface area (Å²) >= 11 is 4.95. The summed E-state index contributed by atoms with van der Waals surface area (Å²) in [6, 6.07) is 21.3. The molecule has 2 N–H and O–H groups in total. The maximum absolute atomic E-state index is 12.3. The molecule has 0 saturated heterocycles. The predicted octanol–water partition coefficient (Wildman–Crippen LogP) is 6.66. The third kappa shape index (κ3) is 10.2. The number of amides is 2. The van der Waals surface area contributed by atoms with Crippen LogP contribution in [0.5, 0.6) is 17.2 Å². The second-order valence-corrected chi connectivity index (χ2v) is 9.16. The smallest absolute Gasteiger partial charge is 0.417 e. The maximum Gasteiger partial charge on any atom is 0.417 e. The first kappa shape index (κ1) is 29.2. The standard InChI is InChI=1S/C21H26N2O4.C7H5ClO2/c1-14(24)22-13-15-11-16(21(2,3)4)12-18(19(15)26-5)23-20(25)27-17-9-7-6-8-10-17;8-7(9)10-6-4-2-1-3-5-6/h6-12H,13H2,1-5H3,(H,22,24)(H,23,25);1-5H. The minimum atomic E-state index is -0.814. The maximum atomic E-state index is 12.3. The van der Waals surface area contributed by atoms with Gasteiger partial charge in [-0.15, -0.1) is 0 Å². The molecule has 0 aromatic heterocycles. The Bertz CT molecular complexity index is 1190. The van der Waals surface area contributed by atoms with Crippen LogP contribution in [-0.4, -0.2) is 24.5 Å². The molecular formula is C28H31ClN2O6. The summed E-state index contributed by atoms with van der Waals surface area (Å²) in [6.45, 7) is 7.97. The highest BCUT2D eigenvalue weighted by Crippen LogP contribution is 2.35. The average Bonchev–Trinajstić information content (AvgIpc) is 2.83. The first-order chi connectivity index (χ1) is 17.5. The fourth-order valence-corrected chi connectivity index (χ4v) is 3.21. The van der Waals surface area contributed by atoms with Gasteiger partial charge in [-0.25, -0.2) is 9.59 Å². The lowest BCUT2D eigenvalue weighted by molar-refractivity contribution is -0.119. The number of anilines is 1. The lowest BCUT2D eigenvalue weighted by Gasteiger charge is -2.23. The SMILES string of the molecule is COc1c(CNC(C)=O)cc(C(C)(C)C)cc1NC(=O)Oc1ccccc1.O=C(Cl)Oc1ccccc1. The molecule has 3 aromatic carbocycles. The number of para-hydroxylation sites is 2. The van der Waals surface area contributed by atoms with Gasteiger partial charge in [0.2, 0.25) is 5.91 Å². The van der Waals surface area contributed by atoms with Gasteiger partial charge in [-0.2, -0.15) is 0 Å². The summed E-state index contributed by atoms with van der Waals surface area (Å²) in [5, 5.41) is 5.52. The molecule has 0 aliphatic rings. The second-order valence-electron chi connectivity index (χ2n) is 8.86. The monoisotopic (exact) mass is 526 g/mol. The molecule has 0 saturated carbocycles. The third-order valence-corrected chi connectivity index (χ3v) is 4.97.